The SMILES string of the molecule is CCO.Cc1ccc(C(C)C)cc1.[C-]#[N+]CC[NH+]=P(c1ccccc1)(c1ccccc1)c1ccccc1.[Cl-].[Cl-].[Cl-].[Ru+2]. The maximum absolute atomic E-state index is 7.57. The van der Waals surface area contributed by atoms with Crippen LogP contribution in [0.15, 0.2) is 115 Å². The van der Waals surface area contributed by atoms with Gasteiger partial charge in [0.25, 0.3) is 6.54 Å². The van der Waals surface area contributed by atoms with Gasteiger partial charge >= 0.3 is 19.5 Å². The summed E-state index contributed by atoms with van der Waals surface area (Å²) < 4.78 is 3.78. The molecule has 0 bridgehead atoms. The van der Waals surface area contributed by atoms with Gasteiger partial charge in [0, 0.05) is 22.5 Å². The zero-order valence-electron chi connectivity index (χ0n) is 24.0. The van der Waals surface area contributed by atoms with Gasteiger partial charge < -0.3 is 47.2 Å². The van der Waals surface area contributed by atoms with Gasteiger partial charge in [-0.15, -0.1) is 0 Å². The fourth-order valence-electron chi connectivity index (χ4n) is 3.90. The molecule has 0 spiro atoms. The molecule has 0 aliphatic rings. The topological polar surface area (TPSA) is 38.6 Å². The molecule has 0 radical (unpaired) electrons. The van der Waals surface area contributed by atoms with E-state index in [1.807, 2.05) is 18.2 Å². The Bertz CT molecular complexity index is 1170. The van der Waals surface area contributed by atoms with Gasteiger partial charge in [0.1, 0.15) is 0 Å². The van der Waals surface area contributed by atoms with Gasteiger partial charge in [-0.2, -0.15) is 0 Å². The number of hydrogen-bond donors (Lipinski definition) is 2. The van der Waals surface area contributed by atoms with Crippen LogP contribution in [0.5, 0.6) is 0 Å². The van der Waals surface area contributed by atoms with Crippen molar-refractivity contribution in [3.8, 4) is 0 Å². The Balaban J connectivity index is -0.000000724. The summed E-state index contributed by atoms with van der Waals surface area (Å²) in [6, 6.07) is 40.6. The molecule has 222 valence electrons. The molecule has 0 atom stereocenters. The van der Waals surface area contributed by atoms with Crippen molar-refractivity contribution in [2.75, 3.05) is 19.7 Å². The third-order valence-electron chi connectivity index (χ3n) is 5.75. The first-order valence-electron chi connectivity index (χ1n) is 12.8. The Morgan fingerprint density at radius 2 is 1.05 bits per heavy atom. The van der Waals surface area contributed by atoms with Crippen molar-refractivity contribution in [2.45, 2.75) is 33.6 Å². The summed E-state index contributed by atoms with van der Waals surface area (Å²) in [5.74, 6) is 0.653. The molecule has 4 aromatic carbocycles. The maximum Gasteiger partial charge on any atom is 2.00 e. The second kappa shape index (κ2) is 24.6. The first kappa shape index (κ1) is 43.5. The van der Waals surface area contributed by atoms with Crippen molar-refractivity contribution < 1.29 is 66.6 Å². The van der Waals surface area contributed by atoms with Crippen LogP contribution in [-0.2, 0) is 19.5 Å². The zero-order valence-corrected chi connectivity index (χ0v) is 28.9. The molecule has 4 aromatic rings. The van der Waals surface area contributed by atoms with E-state index in [2.05, 4.69) is 127 Å². The molecular weight excluding hydrogens is 679 g/mol. The summed E-state index contributed by atoms with van der Waals surface area (Å²) in [6.45, 7) is 16.8. The van der Waals surface area contributed by atoms with Crippen molar-refractivity contribution >= 4 is 23.0 Å². The van der Waals surface area contributed by atoms with Crippen molar-refractivity contribution in [3.63, 3.8) is 0 Å². The van der Waals surface area contributed by atoms with Gasteiger partial charge in [-0.1, -0.05) is 98.3 Å². The number of benzene rings is 4. The Morgan fingerprint density at radius 1 is 0.707 bits per heavy atom. The predicted octanol–water partition coefficient (Wildman–Crippen LogP) is -3.71. The average molecular weight is 719 g/mol. The molecule has 0 fully saturated rings. The van der Waals surface area contributed by atoms with Crippen LogP contribution in [0.4, 0.5) is 0 Å². The summed E-state index contributed by atoms with van der Waals surface area (Å²) in [4.78, 5) is 3.53. The molecule has 41 heavy (non-hydrogen) atoms. The molecule has 0 saturated heterocycles. The van der Waals surface area contributed by atoms with E-state index in [-0.39, 0.29) is 63.3 Å². The van der Waals surface area contributed by atoms with Gasteiger partial charge in [0.15, 0.2) is 7.05 Å². The quantitative estimate of drug-likeness (QED) is 0.0918. The molecule has 0 amide bonds. The summed E-state index contributed by atoms with van der Waals surface area (Å²) in [5.41, 5.74) is 2.76. The van der Waals surface area contributed by atoms with E-state index in [1.54, 1.807) is 6.92 Å². The van der Waals surface area contributed by atoms with Gasteiger partial charge in [0.05, 0.1) is 0 Å². The molecule has 0 unspecified atom stereocenters. The standard InChI is InChI=1S/C21H19N2P.C10H14.C2H6O.3ClH.Ru/c1-22-17-18-23-24(19-11-5-2-6-12-19,20-13-7-3-8-14-20)21-15-9-4-10-16-21;1-8(2)10-6-4-9(3)5-7-10;1-2-3;;;;/h2-16H,17-18H2;4-8H,1-3H3;3H,2H2,1H3;3*1H;/q;;;;;;+2/p-2. The number of aryl methyl sites for hydroxylation is 1. The molecule has 0 aliphatic heterocycles. The fraction of sp³-hybridized carbons (Fsp3) is 0.242. The average Bonchev–Trinajstić information content (AvgIpc) is 2.94. The number of rotatable bonds is 6. The predicted molar refractivity (Wildman–Crippen MR) is 160 cm³/mol. The number of halogens is 3. The molecule has 0 aromatic heterocycles. The molecule has 2 N–H and O–H groups in total. The van der Waals surface area contributed by atoms with Crippen LogP contribution in [0.1, 0.15) is 37.8 Å². The smallest absolute Gasteiger partial charge is 1.00 e. The molecule has 8 heteroatoms. The van der Waals surface area contributed by atoms with E-state index in [0.29, 0.717) is 19.0 Å². The van der Waals surface area contributed by atoms with Gasteiger partial charge in [-0.3, -0.25) is 4.74 Å². The third-order valence-corrected chi connectivity index (χ3v) is 9.66. The van der Waals surface area contributed by atoms with Crippen LogP contribution in [0.3, 0.4) is 0 Å². The Morgan fingerprint density at radius 3 is 1.34 bits per heavy atom. The largest absolute Gasteiger partial charge is 2.00 e. The zero-order chi connectivity index (χ0) is 26.9. The van der Waals surface area contributed by atoms with Crippen LogP contribution in [-0.4, -0.2) is 24.8 Å². The monoisotopic (exact) mass is 718 g/mol. The van der Waals surface area contributed by atoms with Crippen LogP contribution >= 0.6 is 7.05 Å². The van der Waals surface area contributed by atoms with E-state index >= 15 is 0 Å². The summed E-state index contributed by atoms with van der Waals surface area (Å²) in [6.07, 6.45) is 0. The van der Waals surface area contributed by atoms with E-state index in [9.17, 15) is 0 Å². The Hall–Kier alpha value is -1.95. The minimum absolute atomic E-state index is 0. The van der Waals surface area contributed by atoms with Crippen LogP contribution < -0.4 is 57.9 Å². The maximum atomic E-state index is 7.57. The Kier molecular flexibility index (Phi) is 26.1. The third kappa shape index (κ3) is 13.7. The van der Waals surface area contributed by atoms with Crippen LogP contribution in [0, 0.1) is 13.5 Å². The van der Waals surface area contributed by atoms with E-state index < -0.39 is 7.05 Å². The van der Waals surface area contributed by atoms with Gasteiger partial charge in [0.2, 0.25) is 6.54 Å². The molecular formula is C33H40Cl3N2OPRu. The Labute approximate surface area is 279 Å². The number of aliphatic hydroxyl groups is 1. The number of hydrogen-bond acceptors (Lipinski definition) is 1. The van der Waals surface area contributed by atoms with Crippen molar-refractivity contribution in [2.24, 2.45) is 0 Å². The molecule has 0 aliphatic carbocycles. The van der Waals surface area contributed by atoms with Gasteiger partial charge in [-0.05, 0) is 61.7 Å². The minimum Gasteiger partial charge on any atom is -1.00 e. The fourth-order valence-corrected chi connectivity index (χ4v) is 7.64. The number of aliphatic hydroxyl groups excluding tert-OH is 1. The normalized spacial score (nSPS) is 9.29. The van der Waals surface area contributed by atoms with Crippen molar-refractivity contribution in [1.82, 2.24) is 0 Å². The minimum atomic E-state index is -1.98. The van der Waals surface area contributed by atoms with Crippen molar-refractivity contribution in [3.05, 3.63) is 138 Å². The second-order valence-electron chi connectivity index (χ2n) is 8.85. The summed E-state index contributed by atoms with van der Waals surface area (Å²) >= 11 is 0. The van der Waals surface area contributed by atoms with E-state index in [0.717, 1.165) is 0 Å². The molecule has 0 saturated carbocycles. The summed E-state index contributed by atoms with van der Waals surface area (Å²) in [7, 11) is -1.98. The molecule has 3 nitrogen and oxygen atoms in total. The number of nitrogens with zero attached hydrogens (tertiary/aromatic N) is 1. The summed E-state index contributed by atoms with van der Waals surface area (Å²) in [5, 5.41) is 11.4. The van der Waals surface area contributed by atoms with Crippen molar-refractivity contribution in [1.29, 1.82) is 0 Å². The van der Waals surface area contributed by atoms with Gasteiger partial charge in [-0.25, -0.2) is 6.57 Å². The number of nitrogens with one attached hydrogen (secondary N) is 1. The van der Waals surface area contributed by atoms with Crippen LogP contribution in [0.25, 0.3) is 4.85 Å². The molecule has 0 heterocycles. The van der Waals surface area contributed by atoms with E-state index in [4.69, 9.17) is 11.7 Å². The first-order valence-corrected chi connectivity index (χ1v) is 14.6. The van der Waals surface area contributed by atoms with E-state index in [1.165, 1.54) is 27.0 Å². The first-order chi connectivity index (χ1) is 18.0. The second-order valence-corrected chi connectivity index (χ2v) is 12.1. The van der Waals surface area contributed by atoms with Crippen LogP contribution in [0.2, 0.25) is 0 Å². The molecule has 4 rings (SSSR count).